The normalized spacial score (nSPS) is 12.4. The van der Waals surface area contributed by atoms with E-state index in [0.29, 0.717) is 11.1 Å². The molecule has 2 aromatic rings. The van der Waals surface area contributed by atoms with E-state index in [2.05, 4.69) is 0 Å². The molecule has 1 unspecified atom stereocenters. The third-order valence-electron chi connectivity index (χ3n) is 2.92. The van der Waals surface area contributed by atoms with Gasteiger partial charge < -0.3 is 9.84 Å². The van der Waals surface area contributed by atoms with Crippen LogP contribution in [0, 0.1) is 11.6 Å². The second kappa shape index (κ2) is 5.91. The highest BCUT2D eigenvalue weighted by Crippen LogP contribution is 2.29. The standard InChI is InChI=1S/C15H14F2O2/c1-19-9-10-5-2-3-6-11(10)15(18)14-12(16)7-4-8-13(14)17/h2-8,15,18H,9H2,1H3. The largest absolute Gasteiger partial charge is 0.383 e. The molecule has 2 rings (SSSR count). The van der Waals surface area contributed by atoms with E-state index in [9.17, 15) is 13.9 Å². The van der Waals surface area contributed by atoms with E-state index >= 15 is 0 Å². The zero-order chi connectivity index (χ0) is 13.8. The molecule has 0 heterocycles. The lowest BCUT2D eigenvalue weighted by atomic mass is 9.96. The molecule has 1 atom stereocenters. The summed E-state index contributed by atoms with van der Waals surface area (Å²) < 4.78 is 32.4. The maximum Gasteiger partial charge on any atom is 0.132 e. The average Bonchev–Trinajstić information content (AvgIpc) is 2.39. The van der Waals surface area contributed by atoms with E-state index in [1.54, 1.807) is 24.3 Å². The average molecular weight is 264 g/mol. The third-order valence-corrected chi connectivity index (χ3v) is 2.92. The van der Waals surface area contributed by atoms with Gasteiger partial charge in [0.2, 0.25) is 0 Å². The summed E-state index contributed by atoms with van der Waals surface area (Å²) in [5.74, 6) is -1.53. The molecule has 0 bridgehead atoms. The molecule has 0 aliphatic rings. The van der Waals surface area contributed by atoms with Crippen LogP contribution in [0.1, 0.15) is 22.8 Å². The highest BCUT2D eigenvalue weighted by molar-refractivity contribution is 5.36. The van der Waals surface area contributed by atoms with E-state index in [-0.39, 0.29) is 12.2 Å². The van der Waals surface area contributed by atoms with Crippen LogP contribution in [0.15, 0.2) is 42.5 Å². The number of halogens is 2. The molecule has 0 amide bonds. The highest BCUT2D eigenvalue weighted by Gasteiger charge is 2.21. The van der Waals surface area contributed by atoms with Crippen LogP contribution in [-0.2, 0) is 11.3 Å². The molecular formula is C15H14F2O2. The summed E-state index contributed by atoms with van der Waals surface area (Å²) in [7, 11) is 1.52. The molecule has 0 fully saturated rings. The van der Waals surface area contributed by atoms with E-state index < -0.39 is 17.7 Å². The SMILES string of the molecule is COCc1ccccc1C(O)c1c(F)cccc1F. The number of methoxy groups -OCH3 is 1. The second-order valence-corrected chi connectivity index (χ2v) is 4.17. The molecule has 0 aliphatic carbocycles. The first-order chi connectivity index (χ1) is 9.15. The molecule has 0 aromatic heterocycles. The minimum atomic E-state index is -1.35. The molecule has 2 nitrogen and oxygen atoms in total. The minimum absolute atomic E-state index is 0.267. The first-order valence-electron chi connectivity index (χ1n) is 5.84. The van der Waals surface area contributed by atoms with Crippen molar-refractivity contribution in [2.45, 2.75) is 12.7 Å². The van der Waals surface area contributed by atoms with Crippen molar-refractivity contribution in [3.63, 3.8) is 0 Å². The van der Waals surface area contributed by atoms with Crippen molar-refractivity contribution in [1.82, 2.24) is 0 Å². The van der Waals surface area contributed by atoms with Gasteiger partial charge in [-0.25, -0.2) is 8.78 Å². The summed E-state index contributed by atoms with van der Waals surface area (Å²) in [4.78, 5) is 0. The molecule has 0 saturated heterocycles. The molecule has 0 aliphatic heterocycles. The number of benzene rings is 2. The minimum Gasteiger partial charge on any atom is -0.383 e. The van der Waals surface area contributed by atoms with E-state index in [4.69, 9.17) is 4.74 Å². The maximum atomic E-state index is 13.7. The summed E-state index contributed by atoms with van der Waals surface area (Å²) in [6, 6.07) is 10.4. The zero-order valence-corrected chi connectivity index (χ0v) is 10.4. The first kappa shape index (κ1) is 13.6. The Morgan fingerprint density at radius 2 is 1.68 bits per heavy atom. The van der Waals surface area contributed by atoms with Gasteiger partial charge in [-0.05, 0) is 23.3 Å². The van der Waals surface area contributed by atoms with Gasteiger partial charge >= 0.3 is 0 Å². The van der Waals surface area contributed by atoms with Gasteiger partial charge in [0.1, 0.15) is 17.7 Å². The molecule has 1 N–H and O–H groups in total. The van der Waals surface area contributed by atoms with Crippen LogP contribution in [0.5, 0.6) is 0 Å². The molecule has 0 radical (unpaired) electrons. The van der Waals surface area contributed by atoms with Gasteiger partial charge in [0.05, 0.1) is 12.2 Å². The van der Waals surface area contributed by atoms with Gasteiger partial charge in [0.25, 0.3) is 0 Å². The number of ether oxygens (including phenoxy) is 1. The lowest BCUT2D eigenvalue weighted by Crippen LogP contribution is -2.08. The lowest BCUT2D eigenvalue weighted by Gasteiger charge is -2.16. The molecule has 0 saturated carbocycles. The summed E-state index contributed by atoms with van der Waals surface area (Å²) in [6.45, 7) is 0.267. The van der Waals surface area contributed by atoms with Crippen molar-refractivity contribution < 1.29 is 18.6 Å². The van der Waals surface area contributed by atoms with Crippen molar-refractivity contribution in [2.75, 3.05) is 7.11 Å². The fourth-order valence-electron chi connectivity index (χ4n) is 2.02. The van der Waals surface area contributed by atoms with Crippen LogP contribution in [0.3, 0.4) is 0 Å². The van der Waals surface area contributed by atoms with E-state index in [1.807, 2.05) is 0 Å². The Labute approximate surface area is 110 Å². The number of aliphatic hydroxyl groups is 1. The van der Waals surface area contributed by atoms with E-state index in [1.165, 1.54) is 13.2 Å². The summed E-state index contributed by atoms with van der Waals surface area (Å²) >= 11 is 0. The maximum absolute atomic E-state index is 13.7. The van der Waals surface area contributed by atoms with Gasteiger partial charge in [-0.15, -0.1) is 0 Å². The third kappa shape index (κ3) is 2.80. The van der Waals surface area contributed by atoms with Gasteiger partial charge in [0.15, 0.2) is 0 Å². The Balaban J connectivity index is 2.47. The van der Waals surface area contributed by atoms with Crippen molar-refractivity contribution >= 4 is 0 Å². The number of aliphatic hydroxyl groups excluding tert-OH is 1. The Hall–Kier alpha value is -1.78. The van der Waals surface area contributed by atoms with Gasteiger partial charge in [-0.2, -0.15) is 0 Å². The van der Waals surface area contributed by atoms with Crippen LogP contribution < -0.4 is 0 Å². The fraction of sp³-hybridized carbons (Fsp3) is 0.200. The van der Waals surface area contributed by atoms with Gasteiger partial charge in [0, 0.05) is 7.11 Å². The van der Waals surface area contributed by atoms with Crippen molar-refractivity contribution in [3.05, 3.63) is 70.8 Å². The summed E-state index contributed by atoms with van der Waals surface area (Å²) in [6.07, 6.45) is -1.35. The van der Waals surface area contributed by atoms with Crippen LogP contribution in [0.2, 0.25) is 0 Å². The number of hydrogen-bond donors (Lipinski definition) is 1. The van der Waals surface area contributed by atoms with Gasteiger partial charge in [-0.3, -0.25) is 0 Å². The monoisotopic (exact) mass is 264 g/mol. The van der Waals surface area contributed by atoms with Crippen LogP contribution >= 0.6 is 0 Å². The fourth-order valence-corrected chi connectivity index (χ4v) is 2.02. The molecular weight excluding hydrogens is 250 g/mol. The van der Waals surface area contributed by atoms with Crippen molar-refractivity contribution in [3.8, 4) is 0 Å². The van der Waals surface area contributed by atoms with E-state index in [0.717, 1.165) is 12.1 Å². The quantitative estimate of drug-likeness (QED) is 0.919. The zero-order valence-electron chi connectivity index (χ0n) is 10.4. The molecule has 2 aromatic carbocycles. The first-order valence-corrected chi connectivity index (χ1v) is 5.84. The number of rotatable bonds is 4. The summed E-state index contributed by atoms with van der Waals surface area (Å²) in [5, 5.41) is 10.2. The smallest absolute Gasteiger partial charge is 0.132 e. The molecule has 0 spiro atoms. The molecule has 19 heavy (non-hydrogen) atoms. The molecule has 100 valence electrons. The lowest BCUT2D eigenvalue weighted by molar-refractivity contribution is 0.174. The Morgan fingerprint density at radius 1 is 1.05 bits per heavy atom. The Bertz CT molecular complexity index is 550. The number of hydrogen-bond acceptors (Lipinski definition) is 2. The summed E-state index contributed by atoms with van der Waals surface area (Å²) in [5.41, 5.74) is 0.791. The van der Waals surface area contributed by atoms with Gasteiger partial charge in [-0.1, -0.05) is 30.3 Å². The molecule has 4 heteroatoms. The topological polar surface area (TPSA) is 29.5 Å². The van der Waals surface area contributed by atoms with Crippen molar-refractivity contribution in [2.24, 2.45) is 0 Å². The van der Waals surface area contributed by atoms with Crippen LogP contribution in [-0.4, -0.2) is 12.2 Å². The highest BCUT2D eigenvalue weighted by atomic mass is 19.1. The predicted molar refractivity (Wildman–Crippen MR) is 67.6 cm³/mol. The second-order valence-electron chi connectivity index (χ2n) is 4.17. The van der Waals surface area contributed by atoms with Crippen molar-refractivity contribution in [1.29, 1.82) is 0 Å². The Kier molecular flexibility index (Phi) is 4.24. The Morgan fingerprint density at radius 3 is 2.32 bits per heavy atom. The predicted octanol–water partition coefficient (Wildman–Crippen LogP) is 3.19. The van der Waals surface area contributed by atoms with Crippen LogP contribution in [0.25, 0.3) is 0 Å². The van der Waals surface area contributed by atoms with Crippen LogP contribution in [0.4, 0.5) is 8.78 Å².